The average molecular weight is 277 g/mol. The first-order valence-electron chi connectivity index (χ1n) is 6.37. The Morgan fingerprint density at radius 3 is 2.74 bits per heavy atom. The Bertz CT molecular complexity index is 540. The molecule has 2 aromatic rings. The number of hydrogen-bond donors (Lipinski definition) is 0. The zero-order chi connectivity index (χ0) is 13.7. The molecule has 2 aromatic heterocycles. The van der Waals surface area contributed by atoms with Gasteiger partial charge in [-0.1, -0.05) is 13.3 Å². The van der Waals surface area contributed by atoms with Gasteiger partial charge in [0, 0.05) is 23.3 Å². The zero-order valence-corrected chi connectivity index (χ0v) is 11.9. The van der Waals surface area contributed by atoms with Gasteiger partial charge in [0.1, 0.15) is 5.75 Å². The van der Waals surface area contributed by atoms with Crippen molar-refractivity contribution in [2.75, 3.05) is 0 Å². The van der Waals surface area contributed by atoms with Crippen molar-refractivity contribution in [2.45, 2.75) is 32.6 Å². The van der Waals surface area contributed by atoms with Gasteiger partial charge in [0.15, 0.2) is 0 Å². The number of aryl methyl sites for hydroxylation is 2. The summed E-state index contributed by atoms with van der Waals surface area (Å²) in [4.78, 5) is 8.68. The van der Waals surface area contributed by atoms with Crippen molar-refractivity contribution in [1.82, 2.24) is 9.97 Å². The fourth-order valence-electron chi connectivity index (χ4n) is 1.77. The van der Waals surface area contributed by atoms with E-state index < -0.39 is 0 Å². The number of hydrogen-bond acceptors (Lipinski definition) is 3. The number of ether oxygens (including phenoxy) is 1. The maximum atomic E-state index is 5.90. The summed E-state index contributed by atoms with van der Waals surface area (Å²) >= 11 is 5.90. The summed E-state index contributed by atoms with van der Waals surface area (Å²) in [7, 11) is 0. The Labute approximate surface area is 118 Å². The van der Waals surface area contributed by atoms with Crippen LogP contribution in [0.2, 0.25) is 0 Å². The summed E-state index contributed by atoms with van der Waals surface area (Å²) in [6, 6.07) is 7.69. The molecule has 0 saturated heterocycles. The van der Waals surface area contributed by atoms with E-state index in [9.17, 15) is 0 Å². The van der Waals surface area contributed by atoms with Crippen molar-refractivity contribution in [1.29, 1.82) is 0 Å². The molecule has 0 saturated carbocycles. The highest BCUT2D eigenvalue weighted by atomic mass is 35.5. The maximum Gasteiger partial charge on any atom is 0.219 e. The molecule has 0 radical (unpaired) electrons. The van der Waals surface area contributed by atoms with Crippen LogP contribution in [-0.4, -0.2) is 9.97 Å². The van der Waals surface area contributed by atoms with E-state index in [1.807, 2.05) is 31.2 Å². The molecule has 2 heterocycles. The van der Waals surface area contributed by atoms with Gasteiger partial charge in [0.2, 0.25) is 5.88 Å². The smallest absolute Gasteiger partial charge is 0.219 e. The molecule has 2 rings (SSSR count). The van der Waals surface area contributed by atoms with Crippen molar-refractivity contribution >= 4 is 11.6 Å². The molecule has 0 amide bonds. The van der Waals surface area contributed by atoms with Crippen molar-refractivity contribution in [3.8, 4) is 11.6 Å². The standard InChI is InChI=1S/C15H17ClN2O/c1-3-4-13-7-12(9-16)8-15(18-13)19-14-6-5-11(2)17-10-14/h5-8,10H,3-4,9H2,1-2H3. The quantitative estimate of drug-likeness (QED) is 0.765. The lowest BCUT2D eigenvalue weighted by Crippen LogP contribution is -1.96. The van der Waals surface area contributed by atoms with Gasteiger partial charge in [-0.2, -0.15) is 0 Å². The number of aromatic nitrogens is 2. The lowest BCUT2D eigenvalue weighted by molar-refractivity contribution is 0.457. The van der Waals surface area contributed by atoms with E-state index in [0.717, 1.165) is 29.8 Å². The van der Waals surface area contributed by atoms with Crippen LogP contribution in [-0.2, 0) is 12.3 Å². The van der Waals surface area contributed by atoms with Crippen LogP contribution < -0.4 is 4.74 Å². The Hall–Kier alpha value is -1.61. The lowest BCUT2D eigenvalue weighted by atomic mass is 10.2. The second-order valence-corrected chi connectivity index (χ2v) is 4.69. The molecular weight excluding hydrogens is 260 g/mol. The second kappa shape index (κ2) is 6.53. The molecule has 100 valence electrons. The number of nitrogens with zero attached hydrogens (tertiary/aromatic N) is 2. The molecule has 0 spiro atoms. The summed E-state index contributed by atoms with van der Waals surface area (Å²) in [5.41, 5.74) is 2.99. The highest BCUT2D eigenvalue weighted by Crippen LogP contribution is 2.22. The van der Waals surface area contributed by atoms with Crippen molar-refractivity contribution in [2.24, 2.45) is 0 Å². The lowest BCUT2D eigenvalue weighted by Gasteiger charge is -2.08. The molecule has 0 aliphatic rings. The molecule has 0 fully saturated rings. The summed E-state index contributed by atoms with van der Waals surface area (Å²) < 4.78 is 5.73. The van der Waals surface area contributed by atoms with Crippen molar-refractivity contribution in [3.05, 3.63) is 47.4 Å². The van der Waals surface area contributed by atoms with Crippen LogP contribution in [0.4, 0.5) is 0 Å². The molecule has 3 nitrogen and oxygen atoms in total. The van der Waals surface area contributed by atoms with E-state index in [-0.39, 0.29) is 0 Å². The van der Waals surface area contributed by atoms with E-state index >= 15 is 0 Å². The molecular formula is C15H17ClN2O. The molecule has 0 aliphatic carbocycles. The van der Waals surface area contributed by atoms with E-state index in [0.29, 0.717) is 17.5 Å². The molecule has 0 bridgehead atoms. The van der Waals surface area contributed by atoms with Crippen molar-refractivity contribution in [3.63, 3.8) is 0 Å². The highest BCUT2D eigenvalue weighted by Gasteiger charge is 2.05. The number of rotatable bonds is 5. The monoisotopic (exact) mass is 276 g/mol. The third-order valence-corrected chi connectivity index (χ3v) is 2.99. The van der Waals surface area contributed by atoms with E-state index in [4.69, 9.17) is 16.3 Å². The predicted octanol–water partition coefficient (Wildman–Crippen LogP) is 4.27. The van der Waals surface area contributed by atoms with E-state index in [1.54, 1.807) is 6.20 Å². The van der Waals surface area contributed by atoms with Crippen LogP contribution in [0.15, 0.2) is 30.5 Å². The van der Waals surface area contributed by atoms with Crippen LogP contribution in [0, 0.1) is 6.92 Å². The normalized spacial score (nSPS) is 10.5. The van der Waals surface area contributed by atoms with Gasteiger partial charge in [0.25, 0.3) is 0 Å². The highest BCUT2D eigenvalue weighted by molar-refractivity contribution is 6.17. The van der Waals surface area contributed by atoms with Crippen LogP contribution in [0.1, 0.15) is 30.3 Å². The van der Waals surface area contributed by atoms with Crippen LogP contribution in [0.25, 0.3) is 0 Å². The first-order chi connectivity index (χ1) is 9.21. The third kappa shape index (κ3) is 3.93. The zero-order valence-electron chi connectivity index (χ0n) is 11.2. The van der Waals surface area contributed by atoms with Gasteiger partial charge in [0.05, 0.1) is 6.20 Å². The molecule has 0 atom stereocenters. The molecule has 0 aliphatic heterocycles. The summed E-state index contributed by atoms with van der Waals surface area (Å²) in [6.45, 7) is 4.06. The number of halogens is 1. The fourth-order valence-corrected chi connectivity index (χ4v) is 1.92. The first kappa shape index (κ1) is 13.8. The van der Waals surface area contributed by atoms with E-state index in [1.165, 1.54) is 0 Å². The van der Waals surface area contributed by atoms with Gasteiger partial charge in [-0.25, -0.2) is 4.98 Å². The average Bonchev–Trinajstić information content (AvgIpc) is 2.41. The molecule has 0 unspecified atom stereocenters. The minimum Gasteiger partial charge on any atom is -0.437 e. The van der Waals surface area contributed by atoms with Crippen molar-refractivity contribution < 1.29 is 4.74 Å². The Morgan fingerprint density at radius 2 is 2.11 bits per heavy atom. The van der Waals surface area contributed by atoms with Gasteiger partial charge in [-0.15, -0.1) is 11.6 Å². The SMILES string of the molecule is CCCc1cc(CCl)cc(Oc2ccc(C)nc2)n1. The maximum absolute atomic E-state index is 5.90. The van der Waals surface area contributed by atoms with Gasteiger partial charge in [-0.05, 0) is 37.1 Å². The van der Waals surface area contributed by atoms with Gasteiger partial charge in [-0.3, -0.25) is 4.98 Å². The summed E-state index contributed by atoms with van der Waals surface area (Å²) in [5, 5.41) is 0. The minimum atomic E-state index is 0.460. The topological polar surface area (TPSA) is 35.0 Å². The molecule has 0 aromatic carbocycles. The van der Waals surface area contributed by atoms with Crippen LogP contribution in [0.5, 0.6) is 11.6 Å². The van der Waals surface area contributed by atoms with Crippen LogP contribution >= 0.6 is 11.6 Å². The number of alkyl halides is 1. The van der Waals surface area contributed by atoms with Gasteiger partial charge < -0.3 is 4.74 Å². The van der Waals surface area contributed by atoms with Gasteiger partial charge >= 0.3 is 0 Å². The summed E-state index contributed by atoms with van der Waals surface area (Å²) in [6.07, 6.45) is 3.67. The second-order valence-electron chi connectivity index (χ2n) is 4.43. The molecule has 4 heteroatoms. The van der Waals surface area contributed by atoms with Crippen LogP contribution in [0.3, 0.4) is 0 Å². The molecule has 0 N–H and O–H groups in total. The summed E-state index contributed by atoms with van der Waals surface area (Å²) in [5.74, 6) is 1.72. The number of pyridine rings is 2. The molecule has 19 heavy (non-hydrogen) atoms. The predicted molar refractivity (Wildman–Crippen MR) is 76.8 cm³/mol. The Kier molecular flexibility index (Phi) is 4.74. The third-order valence-electron chi connectivity index (χ3n) is 2.68. The largest absolute Gasteiger partial charge is 0.437 e. The Morgan fingerprint density at radius 1 is 1.26 bits per heavy atom. The Balaban J connectivity index is 2.23. The first-order valence-corrected chi connectivity index (χ1v) is 6.91. The fraction of sp³-hybridized carbons (Fsp3) is 0.333. The minimum absolute atomic E-state index is 0.460. The van der Waals surface area contributed by atoms with E-state index in [2.05, 4.69) is 16.9 Å².